The molecule has 1 aliphatic heterocycles. The molecular formula is C16H23N3O3. The highest BCUT2D eigenvalue weighted by Crippen LogP contribution is 2.20. The van der Waals surface area contributed by atoms with Gasteiger partial charge in [0.1, 0.15) is 5.70 Å². The van der Waals surface area contributed by atoms with Crippen LogP contribution in [0.15, 0.2) is 11.8 Å². The highest BCUT2D eigenvalue weighted by molar-refractivity contribution is 6.14. The lowest BCUT2D eigenvalue weighted by Gasteiger charge is -2.09. The van der Waals surface area contributed by atoms with Gasteiger partial charge in [-0.1, -0.05) is 6.92 Å². The van der Waals surface area contributed by atoms with E-state index in [-0.39, 0.29) is 11.9 Å². The molecule has 22 heavy (non-hydrogen) atoms. The van der Waals surface area contributed by atoms with Gasteiger partial charge in [-0.15, -0.1) is 0 Å². The molecule has 1 fully saturated rings. The van der Waals surface area contributed by atoms with Gasteiger partial charge in [0, 0.05) is 31.6 Å². The standard InChI is InChI=1S/C16H23N3O3/c1-5-6-19-15(20)14(17-16(19)21)10-13-9-11(2)18(12(13)3)7-8-22-4/h9-10H,5-8H2,1-4H3,(H,17,21)/b14-10+. The third-order valence-corrected chi connectivity index (χ3v) is 3.84. The predicted molar refractivity (Wildman–Crippen MR) is 84.3 cm³/mol. The van der Waals surface area contributed by atoms with E-state index in [0.29, 0.717) is 18.8 Å². The summed E-state index contributed by atoms with van der Waals surface area (Å²) >= 11 is 0. The monoisotopic (exact) mass is 305 g/mol. The van der Waals surface area contributed by atoms with E-state index in [1.54, 1.807) is 13.2 Å². The zero-order chi connectivity index (χ0) is 16.3. The summed E-state index contributed by atoms with van der Waals surface area (Å²) in [6, 6.07) is 1.67. The van der Waals surface area contributed by atoms with E-state index in [2.05, 4.69) is 9.88 Å². The molecule has 3 amide bonds. The zero-order valence-corrected chi connectivity index (χ0v) is 13.6. The van der Waals surface area contributed by atoms with Gasteiger partial charge in [-0.3, -0.25) is 9.69 Å². The van der Waals surface area contributed by atoms with E-state index >= 15 is 0 Å². The van der Waals surface area contributed by atoms with Crippen LogP contribution in [0.3, 0.4) is 0 Å². The number of rotatable bonds is 6. The third-order valence-electron chi connectivity index (χ3n) is 3.84. The first-order valence-corrected chi connectivity index (χ1v) is 7.49. The minimum atomic E-state index is -0.341. The Labute approximate surface area is 130 Å². The van der Waals surface area contributed by atoms with Gasteiger partial charge in [0.05, 0.1) is 6.61 Å². The summed E-state index contributed by atoms with van der Waals surface area (Å²) in [6.45, 7) is 7.79. The molecule has 0 aromatic carbocycles. The van der Waals surface area contributed by atoms with Crippen molar-refractivity contribution in [2.45, 2.75) is 33.7 Å². The van der Waals surface area contributed by atoms with Crippen molar-refractivity contribution in [3.8, 4) is 0 Å². The molecule has 1 aromatic rings. The van der Waals surface area contributed by atoms with E-state index in [1.165, 1.54) is 4.90 Å². The number of imide groups is 1. The Morgan fingerprint density at radius 2 is 2.00 bits per heavy atom. The van der Waals surface area contributed by atoms with E-state index in [4.69, 9.17) is 4.74 Å². The Morgan fingerprint density at radius 3 is 2.64 bits per heavy atom. The molecule has 1 saturated heterocycles. The fourth-order valence-corrected chi connectivity index (χ4v) is 2.65. The first-order valence-electron chi connectivity index (χ1n) is 7.49. The Bertz CT molecular complexity index is 616. The topological polar surface area (TPSA) is 63.6 Å². The summed E-state index contributed by atoms with van der Waals surface area (Å²) < 4.78 is 7.26. The van der Waals surface area contributed by atoms with Gasteiger partial charge in [0.15, 0.2) is 0 Å². The molecule has 1 aliphatic rings. The van der Waals surface area contributed by atoms with Gasteiger partial charge < -0.3 is 14.6 Å². The second-order valence-electron chi connectivity index (χ2n) is 5.42. The predicted octanol–water partition coefficient (Wildman–Crippen LogP) is 2.05. The van der Waals surface area contributed by atoms with Crippen LogP contribution in [0.5, 0.6) is 0 Å². The van der Waals surface area contributed by atoms with Crippen LogP contribution >= 0.6 is 0 Å². The fourth-order valence-electron chi connectivity index (χ4n) is 2.65. The summed E-state index contributed by atoms with van der Waals surface area (Å²) in [5.41, 5.74) is 3.43. The number of hydrogen-bond acceptors (Lipinski definition) is 3. The number of hydrogen-bond donors (Lipinski definition) is 1. The van der Waals surface area contributed by atoms with Gasteiger partial charge in [-0.05, 0) is 38.0 Å². The Morgan fingerprint density at radius 1 is 1.27 bits per heavy atom. The number of aromatic nitrogens is 1. The Kier molecular flexibility index (Phi) is 5.03. The molecule has 0 spiro atoms. The molecule has 0 unspecified atom stereocenters. The van der Waals surface area contributed by atoms with Crippen molar-refractivity contribution in [2.24, 2.45) is 0 Å². The largest absolute Gasteiger partial charge is 0.383 e. The molecule has 2 rings (SSSR count). The maximum absolute atomic E-state index is 12.2. The lowest BCUT2D eigenvalue weighted by Crippen LogP contribution is -2.31. The highest BCUT2D eigenvalue weighted by atomic mass is 16.5. The SMILES string of the molecule is CCCN1C(=O)N/C(=C/c2cc(C)n(CCOC)c2C)C1=O. The summed E-state index contributed by atoms with van der Waals surface area (Å²) in [5, 5.41) is 2.65. The van der Waals surface area contributed by atoms with Gasteiger partial charge in [-0.25, -0.2) is 4.79 Å². The minimum Gasteiger partial charge on any atom is -0.383 e. The smallest absolute Gasteiger partial charge is 0.329 e. The van der Waals surface area contributed by atoms with Crippen molar-refractivity contribution in [3.63, 3.8) is 0 Å². The first-order chi connectivity index (χ1) is 10.5. The molecule has 1 N–H and O–H groups in total. The lowest BCUT2D eigenvalue weighted by molar-refractivity contribution is -0.122. The molecule has 0 bridgehead atoms. The first kappa shape index (κ1) is 16.3. The van der Waals surface area contributed by atoms with Crippen molar-refractivity contribution in [3.05, 3.63) is 28.7 Å². The maximum atomic E-state index is 12.2. The number of nitrogens with one attached hydrogen (secondary N) is 1. The molecular weight excluding hydrogens is 282 g/mol. The van der Waals surface area contributed by atoms with Crippen LogP contribution in [-0.4, -0.2) is 41.7 Å². The van der Waals surface area contributed by atoms with Crippen LogP contribution in [0.2, 0.25) is 0 Å². The number of carbonyl (C=O) groups is 2. The second-order valence-corrected chi connectivity index (χ2v) is 5.42. The maximum Gasteiger partial charge on any atom is 0.329 e. The third kappa shape index (κ3) is 3.06. The van der Waals surface area contributed by atoms with E-state index < -0.39 is 0 Å². The van der Waals surface area contributed by atoms with E-state index in [1.807, 2.05) is 26.8 Å². The summed E-state index contributed by atoms with van der Waals surface area (Å²) in [7, 11) is 1.67. The highest BCUT2D eigenvalue weighted by Gasteiger charge is 2.32. The average Bonchev–Trinajstić information content (AvgIpc) is 2.89. The summed E-state index contributed by atoms with van der Waals surface area (Å²) in [5.74, 6) is -0.256. The van der Waals surface area contributed by atoms with Crippen LogP contribution in [0.4, 0.5) is 4.79 Å². The molecule has 6 heteroatoms. The molecule has 2 heterocycles. The molecule has 120 valence electrons. The van der Waals surface area contributed by atoms with Gasteiger partial charge in [0.25, 0.3) is 5.91 Å². The normalized spacial score (nSPS) is 16.7. The van der Waals surface area contributed by atoms with Crippen LogP contribution in [0.1, 0.15) is 30.3 Å². The van der Waals surface area contributed by atoms with Gasteiger partial charge in [0.2, 0.25) is 0 Å². The number of methoxy groups -OCH3 is 1. The molecule has 6 nitrogen and oxygen atoms in total. The number of amides is 3. The Hall–Kier alpha value is -2.08. The number of nitrogens with zero attached hydrogens (tertiary/aromatic N) is 2. The number of ether oxygens (including phenoxy) is 1. The Balaban J connectivity index is 2.27. The summed E-state index contributed by atoms with van der Waals surface area (Å²) in [6.07, 6.45) is 2.50. The molecule has 0 atom stereocenters. The van der Waals surface area contributed by atoms with Crippen LogP contribution in [0, 0.1) is 13.8 Å². The molecule has 0 saturated carbocycles. The van der Waals surface area contributed by atoms with Crippen LogP contribution in [0.25, 0.3) is 6.08 Å². The fraction of sp³-hybridized carbons (Fsp3) is 0.500. The van der Waals surface area contributed by atoms with Crippen molar-refractivity contribution in [2.75, 3.05) is 20.3 Å². The lowest BCUT2D eigenvalue weighted by atomic mass is 10.2. The number of urea groups is 1. The average molecular weight is 305 g/mol. The van der Waals surface area contributed by atoms with Crippen LogP contribution < -0.4 is 5.32 Å². The van der Waals surface area contributed by atoms with Crippen molar-refractivity contribution in [1.29, 1.82) is 0 Å². The number of carbonyl (C=O) groups excluding carboxylic acids is 2. The minimum absolute atomic E-state index is 0.256. The van der Waals surface area contributed by atoms with E-state index in [0.717, 1.165) is 29.9 Å². The summed E-state index contributed by atoms with van der Waals surface area (Å²) in [4.78, 5) is 25.3. The molecule has 1 aromatic heterocycles. The van der Waals surface area contributed by atoms with Gasteiger partial charge >= 0.3 is 6.03 Å². The quantitative estimate of drug-likeness (QED) is 0.646. The van der Waals surface area contributed by atoms with Crippen LogP contribution in [-0.2, 0) is 16.1 Å². The molecule has 0 radical (unpaired) electrons. The van der Waals surface area contributed by atoms with Crippen molar-refractivity contribution >= 4 is 18.0 Å². The van der Waals surface area contributed by atoms with Crippen molar-refractivity contribution in [1.82, 2.24) is 14.8 Å². The molecule has 0 aliphatic carbocycles. The van der Waals surface area contributed by atoms with Gasteiger partial charge in [-0.2, -0.15) is 0 Å². The zero-order valence-electron chi connectivity index (χ0n) is 13.6. The second kappa shape index (κ2) is 6.79. The number of aryl methyl sites for hydroxylation is 1. The van der Waals surface area contributed by atoms with Crippen molar-refractivity contribution < 1.29 is 14.3 Å². The van der Waals surface area contributed by atoms with E-state index in [9.17, 15) is 9.59 Å².